The molecule has 1 fully saturated rings. The Balaban J connectivity index is 1.45. The van der Waals surface area contributed by atoms with Crippen LogP contribution in [0.5, 0.6) is 0 Å². The summed E-state index contributed by atoms with van der Waals surface area (Å²) in [4.78, 5) is 18.9. The van der Waals surface area contributed by atoms with Crippen LogP contribution in [0.3, 0.4) is 0 Å². The quantitative estimate of drug-likeness (QED) is 0.359. The summed E-state index contributed by atoms with van der Waals surface area (Å²) in [6.45, 7) is 5.45. The fourth-order valence-corrected chi connectivity index (χ4v) is 3.64. The van der Waals surface area contributed by atoms with Crippen LogP contribution in [0.1, 0.15) is 41.7 Å². The number of amides is 1. The molecule has 0 saturated carbocycles. The van der Waals surface area contributed by atoms with Gasteiger partial charge in [-0.2, -0.15) is 0 Å². The number of halogens is 1. The van der Waals surface area contributed by atoms with Crippen molar-refractivity contribution in [3.05, 3.63) is 64.7 Å². The van der Waals surface area contributed by atoms with E-state index >= 15 is 0 Å². The van der Waals surface area contributed by atoms with Crippen LogP contribution in [0, 0.1) is 0 Å². The number of hydrogen-bond acceptors (Lipinski definition) is 3. The van der Waals surface area contributed by atoms with Crippen LogP contribution in [-0.4, -0.2) is 45.1 Å². The van der Waals surface area contributed by atoms with Gasteiger partial charge in [0.25, 0.3) is 5.91 Å². The van der Waals surface area contributed by atoms with E-state index in [4.69, 9.17) is 11.6 Å². The van der Waals surface area contributed by atoms with Crippen LogP contribution in [-0.2, 0) is 0 Å². The summed E-state index contributed by atoms with van der Waals surface area (Å²) in [6.07, 6.45) is 2.53. The molecule has 2 aromatic rings. The van der Waals surface area contributed by atoms with Crippen molar-refractivity contribution in [2.45, 2.75) is 25.8 Å². The van der Waals surface area contributed by atoms with Gasteiger partial charge in [-0.3, -0.25) is 9.79 Å². The molecule has 1 unspecified atom stereocenters. The number of guanidine groups is 1. The molecular weight excluding hydrogens is 398 g/mol. The Morgan fingerprint density at radius 3 is 2.50 bits per heavy atom. The predicted octanol–water partition coefficient (Wildman–Crippen LogP) is 3.60. The van der Waals surface area contributed by atoms with Crippen LogP contribution in [0.4, 0.5) is 5.69 Å². The van der Waals surface area contributed by atoms with E-state index in [0.717, 1.165) is 13.1 Å². The first-order valence-electron chi connectivity index (χ1n) is 10.4. The minimum atomic E-state index is -0.122. The van der Waals surface area contributed by atoms with Crippen molar-refractivity contribution in [3.63, 3.8) is 0 Å². The molecule has 1 aliphatic heterocycles. The lowest BCUT2D eigenvalue weighted by molar-refractivity contribution is 0.0954. The molecule has 160 valence electrons. The molecule has 7 heteroatoms. The van der Waals surface area contributed by atoms with E-state index in [2.05, 4.69) is 57.0 Å². The molecule has 3 rings (SSSR count). The van der Waals surface area contributed by atoms with E-state index in [0.29, 0.717) is 29.6 Å². The van der Waals surface area contributed by atoms with Gasteiger partial charge in [0.1, 0.15) is 0 Å². The molecule has 30 heavy (non-hydrogen) atoms. The largest absolute Gasteiger partial charge is 0.372 e. The lowest BCUT2D eigenvalue weighted by Crippen LogP contribution is -2.42. The number of carbonyl (C=O) groups excluding carboxylic acids is 1. The molecule has 3 N–H and O–H groups in total. The summed E-state index contributed by atoms with van der Waals surface area (Å²) < 4.78 is 0. The molecule has 1 amide bonds. The van der Waals surface area contributed by atoms with Gasteiger partial charge in [-0.15, -0.1) is 0 Å². The zero-order valence-electron chi connectivity index (χ0n) is 17.6. The maximum atomic E-state index is 12.1. The van der Waals surface area contributed by atoms with Crippen molar-refractivity contribution in [1.29, 1.82) is 0 Å². The highest BCUT2D eigenvalue weighted by atomic mass is 35.5. The van der Waals surface area contributed by atoms with Crippen LogP contribution < -0.4 is 20.9 Å². The van der Waals surface area contributed by atoms with Gasteiger partial charge in [-0.05, 0) is 61.7 Å². The van der Waals surface area contributed by atoms with Gasteiger partial charge in [-0.1, -0.05) is 23.7 Å². The lowest BCUT2D eigenvalue weighted by Gasteiger charge is -2.22. The fourth-order valence-electron chi connectivity index (χ4n) is 3.51. The minimum absolute atomic E-state index is 0.113. The normalized spacial score (nSPS) is 15.0. The minimum Gasteiger partial charge on any atom is -0.372 e. The standard InChI is InChI=1S/C23H30ClN5O/c1-17(19-6-5-7-21(16-19)29-14-3-4-15-29)28-23(25-2)27-13-12-26-22(30)18-8-10-20(24)11-9-18/h5-11,16-17H,3-4,12-15H2,1-2H3,(H,26,30)(H2,25,27,28). The van der Waals surface area contributed by atoms with Crippen molar-refractivity contribution in [1.82, 2.24) is 16.0 Å². The number of nitrogens with one attached hydrogen (secondary N) is 3. The van der Waals surface area contributed by atoms with Crippen LogP contribution >= 0.6 is 11.6 Å². The van der Waals surface area contributed by atoms with Crippen molar-refractivity contribution in [2.75, 3.05) is 38.1 Å². The van der Waals surface area contributed by atoms with Gasteiger partial charge in [-0.25, -0.2) is 0 Å². The smallest absolute Gasteiger partial charge is 0.251 e. The molecule has 0 aliphatic carbocycles. The van der Waals surface area contributed by atoms with Crippen molar-refractivity contribution < 1.29 is 4.79 Å². The van der Waals surface area contributed by atoms with Gasteiger partial charge in [0.05, 0.1) is 6.04 Å². The number of anilines is 1. The van der Waals surface area contributed by atoms with E-state index in [1.165, 1.54) is 24.1 Å². The van der Waals surface area contributed by atoms with Crippen molar-refractivity contribution >= 4 is 29.2 Å². The highest BCUT2D eigenvalue weighted by Crippen LogP contribution is 2.23. The van der Waals surface area contributed by atoms with Crippen LogP contribution in [0.15, 0.2) is 53.5 Å². The number of benzene rings is 2. The van der Waals surface area contributed by atoms with E-state index in [1.54, 1.807) is 31.3 Å². The first-order chi connectivity index (χ1) is 14.6. The Morgan fingerprint density at radius 2 is 1.80 bits per heavy atom. The molecule has 1 atom stereocenters. The van der Waals surface area contributed by atoms with E-state index in [-0.39, 0.29) is 11.9 Å². The third kappa shape index (κ3) is 6.13. The molecule has 6 nitrogen and oxygen atoms in total. The third-order valence-electron chi connectivity index (χ3n) is 5.23. The molecule has 0 radical (unpaired) electrons. The summed E-state index contributed by atoms with van der Waals surface area (Å²) in [7, 11) is 1.75. The second-order valence-corrected chi connectivity index (χ2v) is 7.85. The zero-order chi connectivity index (χ0) is 21.3. The van der Waals surface area contributed by atoms with Crippen LogP contribution in [0.2, 0.25) is 5.02 Å². The number of hydrogen-bond donors (Lipinski definition) is 3. The Morgan fingerprint density at radius 1 is 1.10 bits per heavy atom. The molecule has 1 saturated heterocycles. The van der Waals surface area contributed by atoms with Gasteiger partial charge < -0.3 is 20.9 Å². The summed E-state index contributed by atoms with van der Waals surface area (Å²) in [6, 6.07) is 15.6. The average molecular weight is 428 g/mol. The number of rotatable bonds is 7. The van der Waals surface area contributed by atoms with Gasteiger partial charge in [0.15, 0.2) is 5.96 Å². The van der Waals surface area contributed by atoms with Crippen molar-refractivity contribution in [2.24, 2.45) is 4.99 Å². The SMILES string of the molecule is CN=C(NCCNC(=O)c1ccc(Cl)cc1)NC(C)c1cccc(N2CCCC2)c1. The summed E-state index contributed by atoms with van der Waals surface area (Å²) in [5.41, 5.74) is 3.10. The van der Waals surface area contributed by atoms with Gasteiger partial charge >= 0.3 is 0 Å². The van der Waals surface area contributed by atoms with E-state index < -0.39 is 0 Å². The van der Waals surface area contributed by atoms with Gasteiger partial charge in [0, 0.05) is 49.5 Å². The monoisotopic (exact) mass is 427 g/mol. The maximum Gasteiger partial charge on any atom is 0.251 e. The molecule has 0 spiro atoms. The predicted molar refractivity (Wildman–Crippen MR) is 125 cm³/mol. The lowest BCUT2D eigenvalue weighted by atomic mass is 10.1. The summed E-state index contributed by atoms with van der Waals surface area (Å²) >= 11 is 5.86. The number of aliphatic imine (C=N–C) groups is 1. The van der Waals surface area contributed by atoms with E-state index in [9.17, 15) is 4.79 Å². The highest BCUT2D eigenvalue weighted by molar-refractivity contribution is 6.30. The Labute approximate surface area is 183 Å². The Hall–Kier alpha value is -2.73. The molecule has 1 aliphatic rings. The molecule has 1 heterocycles. The second-order valence-electron chi connectivity index (χ2n) is 7.42. The number of nitrogens with zero attached hydrogens (tertiary/aromatic N) is 2. The average Bonchev–Trinajstić information content (AvgIpc) is 3.31. The molecule has 0 bridgehead atoms. The maximum absolute atomic E-state index is 12.1. The Kier molecular flexibility index (Phi) is 7.97. The highest BCUT2D eigenvalue weighted by Gasteiger charge is 2.14. The number of carbonyl (C=O) groups is 1. The van der Waals surface area contributed by atoms with Crippen LogP contribution in [0.25, 0.3) is 0 Å². The summed E-state index contributed by atoms with van der Waals surface area (Å²) in [5.74, 6) is 0.582. The third-order valence-corrected chi connectivity index (χ3v) is 5.48. The zero-order valence-corrected chi connectivity index (χ0v) is 18.4. The molecule has 0 aromatic heterocycles. The fraction of sp³-hybridized carbons (Fsp3) is 0.391. The molecular formula is C23H30ClN5O. The van der Waals surface area contributed by atoms with Crippen molar-refractivity contribution in [3.8, 4) is 0 Å². The second kappa shape index (κ2) is 10.9. The topological polar surface area (TPSA) is 68.8 Å². The first-order valence-corrected chi connectivity index (χ1v) is 10.8. The molecule has 2 aromatic carbocycles. The summed E-state index contributed by atoms with van der Waals surface area (Å²) in [5, 5.41) is 10.2. The van der Waals surface area contributed by atoms with Gasteiger partial charge in [0.2, 0.25) is 0 Å². The first kappa shape index (κ1) is 22.0. The Bertz CT molecular complexity index is 862. The van der Waals surface area contributed by atoms with E-state index in [1.807, 2.05) is 0 Å².